The van der Waals surface area contributed by atoms with Gasteiger partial charge in [0.25, 0.3) is 0 Å². The van der Waals surface area contributed by atoms with E-state index in [0.29, 0.717) is 44.2 Å². The summed E-state index contributed by atoms with van der Waals surface area (Å²) >= 11 is 10.1. The number of nitrogens with zero attached hydrogens (tertiary/aromatic N) is 6. The zero-order valence-corrected chi connectivity index (χ0v) is 30.3. The van der Waals surface area contributed by atoms with Gasteiger partial charge >= 0.3 is 6.03 Å². The maximum Gasteiger partial charge on any atom is 0.318 e. The number of imidazole rings is 1. The van der Waals surface area contributed by atoms with Crippen molar-refractivity contribution in [1.29, 1.82) is 0 Å². The molecule has 2 aromatic heterocycles. The maximum absolute atomic E-state index is 14.9. The number of rotatable bonds is 7. The van der Waals surface area contributed by atoms with E-state index in [-0.39, 0.29) is 18.0 Å². The topological polar surface area (TPSA) is 86.6 Å². The van der Waals surface area contributed by atoms with Gasteiger partial charge in [0.1, 0.15) is 6.04 Å². The van der Waals surface area contributed by atoms with E-state index in [2.05, 4.69) is 49.3 Å². The van der Waals surface area contributed by atoms with Crippen LogP contribution in [-0.2, 0) is 37.6 Å². The number of pyridine rings is 1. The van der Waals surface area contributed by atoms with E-state index >= 15 is 0 Å². The largest absolute Gasteiger partial charge is 0.338 e. The summed E-state index contributed by atoms with van der Waals surface area (Å²) in [5, 5.41) is 3.83. The van der Waals surface area contributed by atoms with Crippen molar-refractivity contribution in [3.8, 4) is 0 Å². The molecule has 0 saturated carbocycles. The Morgan fingerprint density at radius 1 is 1.04 bits per heavy atom. The van der Waals surface area contributed by atoms with Crippen LogP contribution in [-0.4, -0.2) is 78.9 Å². The van der Waals surface area contributed by atoms with Crippen molar-refractivity contribution in [2.45, 2.75) is 64.2 Å². The normalized spacial score (nSPS) is 18.1. The van der Waals surface area contributed by atoms with Crippen molar-refractivity contribution in [1.82, 2.24) is 34.6 Å². The molecular weight excluding hydrogens is 690 g/mol. The van der Waals surface area contributed by atoms with Gasteiger partial charge in [0.15, 0.2) is 0 Å². The Morgan fingerprint density at radius 3 is 2.54 bits per heavy atom. The molecular formula is C37H43BrClN7O2. The lowest BCUT2D eigenvalue weighted by Crippen LogP contribution is -2.64. The molecule has 1 aliphatic carbocycles. The molecule has 252 valence electrons. The maximum atomic E-state index is 14.9. The van der Waals surface area contributed by atoms with Crippen molar-refractivity contribution >= 4 is 39.5 Å². The molecule has 11 heteroatoms. The highest BCUT2D eigenvalue weighted by Crippen LogP contribution is 2.38. The summed E-state index contributed by atoms with van der Waals surface area (Å²) in [6.45, 7) is 8.14. The van der Waals surface area contributed by atoms with Gasteiger partial charge in [0.2, 0.25) is 5.91 Å². The SMILES string of the molecule is Cn1cncc1CCN(Cc1ccccc1)C(=O)[C@H]1CN(C2c3ccc(Cl)cc3CCc3cc(Br)cnc32)CCN1C(=O)NC(C)(C)C. The lowest BCUT2D eigenvalue weighted by molar-refractivity contribution is -0.139. The third-order valence-corrected chi connectivity index (χ3v) is 9.85. The summed E-state index contributed by atoms with van der Waals surface area (Å²) in [4.78, 5) is 44.0. The van der Waals surface area contributed by atoms with Crippen LogP contribution in [0.1, 0.15) is 60.5 Å². The number of hydrogen-bond donors (Lipinski definition) is 1. The Kier molecular flexibility index (Phi) is 10.2. The molecule has 2 aromatic carbocycles. The van der Waals surface area contributed by atoms with Gasteiger partial charge in [-0.1, -0.05) is 48.0 Å². The summed E-state index contributed by atoms with van der Waals surface area (Å²) < 4.78 is 2.92. The summed E-state index contributed by atoms with van der Waals surface area (Å²) in [6, 6.07) is 17.1. The van der Waals surface area contributed by atoms with Gasteiger partial charge in [-0.05, 0) is 90.0 Å². The minimum atomic E-state index is -0.714. The zero-order chi connectivity index (χ0) is 34.0. The second-order valence-corrected chi connectivity index (χ2v) is 15.2. The van der Waals surface area contributed by atoms with Gasteiger partial charge in [-0.3, -0.25) is 14.7 Å². The van der Waals surface area contributed by atoms with E-state index in [1.54, 1.807) is 11.2 Å². The monoisotopic (exact) mass is 731 g/mol. The summed E-state index contributed by atoms with van der Waals surface area (Å²) in [5.74, 6) is -0.0799. The highest BCUT2D eigenvalue weighted by molar-refractivity contribution is 9.10. The third kappa shape index (κ3) is 7.77. The number of carbonyl (C=O) groups is 2. The quantitative estimate of drug-likeness (QED) is 0.245. The highest BCUT2D eigenvalue weighted by Gasteiger charge is 2.42. The molecule has 0 spiro atoms. The molecule has 2 aliphatic rings. The average Bonchev–Trinajstić information content (AvgIpc) is 3.39. The van der Waals surface area contributed by atoms with Gasteiger partial charge in [-0.2, -0.15) is 0 Å². The first-order chi connectivity index (χ1) is 23.0. The van der Waals surface area contributed by atoms with Crippen LogP contribution < -0.4 is 5.32 Å². The minimum Gasteiger partial charge on any atom is -0.338 e. The predicted octanol–water partition coefficient (Wildman–Crippen LogP) is 6.18. The van der Waals surface area contributed by atoms with Gasteiger partial charge in [0, 0.05) is 79.3 Å². The van der Waals surface area contributed by atoms with Crippen LogP contribution in [0.3, 0.4) is 0 Å². The number of fused-ring (bicyclic) bond motifs is 2. The second-order valence-electron chi connectivity index (χ2n) is 13.8. The van der Waals surface area contributed by atoms with E-state index in [1.165, 1.54) is 11.1 Å². The van der Waals surface area contributed by atoms with E-state index in [9.17, 15) is 9.59 Å². The standard InChI is InChI=1S/C37H43BrClN7O2/c1-37(2,3)42-36(48)46-17-16-44(34-31-13-12-29(39)19-26(31)10-11-27-18-28(38)20-41-33(27)34)23-32(46)35(47)45(22-25-8-6-5-7-9-25)15-14-30-21-40-24-43(30)4/h5-9,12-13,18-21,24,32,34H,10-11,14-17,22-23H2,1-4H3,(H,42,48)/t32-,34?/m1/s1. The lowest BCUT2D eigenvalue weighted by atomic mass is 9.95. The van der Waals surface area contributed by atoms with E-state index in [4.69, 9.17) is 16.6 Å². The zero-order valence-electron chi connectivity index (χ0n) is 28.0. The second kappa shape index (κ2) is 14.4. The molecule has 1 unspecified atom stereocenters. The Labute approximate surface area is 296 Å². The Morgan fingerprint density at radius 2 is 1.81 bits per heavy atom. The van der Waals surface area contributed by atoms with Gasteiger partial charge in [-0.15, -0.1) is 0 Å². The molecule has 1 saturated heterocycles. The first kappa shape index (κ1) is 34.1. The average molecular weight is 733 g/mol. The first-order valence-corrected chi connectivity index (χ1v) is 17.7. The molecule has 0 radical (unpaired) electrons. The lowest BCUT2D eigenvalue weighted by Gasteiger charge is -2.45. The molecule has 6 rings (SSSR count). The van der Waals surface area contributed by atoms with E-state index < -0.39 is 11.6 Å². The fraction of sp³-hybridized carbons (Fsp3) is 0.405. The summed E-state index contributed by atoms with van der Waals surface area (Å²) in [5.41, 5.74) is 6.09. The number of amides is 3. The van der Waals surface area contributed by atoms with Crippen molar-refractivity contribution in [2.24, 2.45) is 7.05 Å². The Hall–Kier alpha value is -3.73. The Balaban J connectivity index is 1.38. The number of carbonyl (C=O) groups excluding carboxylic acids is 2. The number of aryl methyl sites for hydroxylation is 3. The van der Waals surface area contributed by atoms with Gasteiger partial charge in [0.05, 0.1) is 18.1 Å². The van der Waals surface area contributed by atoms with Crippen LogP contribution in [0.15, 0.2) is 77.8 Å². The molecule has 2 atom stereocenters. The minimum absolute atomic E-state index is 0.0799. The predicted molar refractivity (Wildman–Crippen MR) is 192 cm³/mol. The number of urea groups is 1. The molecule has 1 N–H and O–H groups in total. The number of benzene rings is 2. The molecule has 1 aliphatic heterocycles. The van der Waals surface area contributed by atoms with Crippen LogP contribution in [0.25, 0.3) is 0 Å². The van der Waals surface area contributed by atoms with Crippen LogP contribution in [0.4, 0.5) is 4.79 Å². The van der Waals surface area contributed by atoms with Crippen LogP contribution >= 0.6 is 27.5 Å². The first-order valence-electron chi connectivity index (χ1n) is 16.5. The van der Waals surface area contributed by atoms with E-state index in [1.807, 2.05) is 86.1 Å². The van der Waals surface area contributed by atoms with Crippen molar-refractivity contribution in [2.75, 3.05) is 26.2 Å². The van der Waals surface area contributed by atoms with Gasteiger partial charge in [-0.25, -0.2) is 9.78 Å². The Bertz CT molecular complexity index is 1720. The fourth-order valence-electron chi connectivity index (χ4n) is 6.82. The van der Waals surface area contributed by atoms with Crippen LogP contribution in [0, 0.1) is 0 Å². The third-order valence-electron chi connectivity index (χ3n) is 9.18. The molecule has 3 amide bonds. The van der Waals surface area contributed by atoms with Gasteiger partial charge < -0.3 is 19.7 Å². The molecule has 1 fully saturated rings. The highest BCUT2D eigenvalue weighted by atomic mass is 79.9. The number of aromatic nitrogens is 3. The molecule has 48 heavy (non-hydrogen) atoms. The van der Waals surface area contributed by atoms with E-state index in [0.717, 1.165) is 39.8 Å². The molecule has 0 bridgehead atoms. The van der Waals surface area contributed by atoms with Crippen LogP contribution in [0.5, 0.6) is 0 Å². The van der Waals surface area contributed by atoms with Crippen LogP contribution in [0.2, 0.25) is 5.02 Å². The number of nitrogens with one attached hydrogen (secondary N) is 1. The van der Waals surface area contributed by atoms with Crippen molar-refractivity contribution in [3.05, 3.63) is 116 Å². The number of hydrogen-bond acceptors (Lipinski definition) is 5. The summed E-state index contributed by atoms with van der Waals surface area (Å²) in [7, 11) is 1.96. The molecule has 9 nitrogen and oxygen atoms in total. The van der Waals surface area contributed by atoms with Crippen molar-refractivity contribution in [3.63, 3.8) is 0 Å². The smallest absolute Gasteiger partial charge is 0.318 e. The number of halogens is 2. The number of piperazine rings is 1. The fourth-order valence-corrected chi connectivity index (χ4v) is 7.40. The summed E-state index contributed by atoms with van der Waals surface area (Å²) in [6.07, 6.45) is 7.78. The van der Waals surface area contributed by atoms with Crippen molar-refractivity contribution < 1.29 is 9.59 Å². The molecule has 3 heterocycles. The molecule has 4 aromatic rings.